The number of nitrogens with one attached hydrogen (secondary N) is 1. The lowest BCUT2D eigenvalue weighted by Gasteiger charge is -2.08. The van der Waals surface area contributed by atoms with E-state index in [0.29, 0.717) is 18.2 Å². The van der Waals surface area contributed by atoms with E-state index < -0.39 is 0 Å². The number of nitrogen functional groups attached to an aromatic ring is 1. The number of rotatable bonds is 4. The summed E-state index contributed by atoms with van der Waals surface area (Å²) in [6.45, 7) is 0.411. The molecule has 0 amide bonds. The number of aromatic nitrogens is 2. The Balaban J connectivity index is 2.50. The summed E-state index contributed by atoms with van der Waals surface area (Å²) in [5, 5.41) is 0. The average molecular weight is 309 g/mol. The van der Waals surface area contributed by atoms with Crippen LogP contribution in [0.2, 0.25) is 0 Å². The fourth-order valence-electron chi connectivity index (χ4n) is 1.56. The predicted molar refractivity (Wildman–Crippen MR) is 73.7 cm³/mol. The third-order valence-electron chi connectivity index (χ3n) is 2.33. The monoisotopic (exact) mass is 308 g/mol. The summed E-state index contributed by atoms with van der Waals surface area (Å²) in [4.78, 5) is 8.77. The number of nitrogens with two attached hydrogens (primary N) is 1. The average Bonchev–Trinajstić information content (AvgIpc) is 2.39. The fourth-order valence-corrected chi connectivity index (χ4v) is 2.02. The van der Waals surface area contributed by atoms with Crippen molar-refractivity contribution in [3.63, 3.8) is 0 Å². The van der Waals surface area contributed by atoms with E-state index in [1.54, 1.807) is 13.2 Å². The number of methoxy groups -OCH3 is 1. The van der Waals surface area contributed by atoms with E-state index in [2.05, 4.69) is 31.3 Å². The van der Waals surface area contributed by atoms with E-state index in [0.717, 1.165) is 15.7 Å². The van der Waals surface area contributed by atoms with Crippen molar-refractivity contribution in [2.45, 2.75) is 6.61 Å². The molecule has 0 aliphatic rings. The second-order valence-corrected chi connectivity index (χ2v) is 4.48. The van der Waals surface area contributed by atoms with Gasteiger partial charge in [0.15, 0.2) is 5.82 Å². The number of halogens is 1. The van der Waals surface area contributed by atoms with Gasteiger partial charge in [-0.2, -0.15) is 0 Å². The first kappa shape index (κ1) is 12.9. The van der Waals surface area contributed by atoms with Gasteiger partial charge in [0.25, 0.3) is 0 Å². The van der Waals surface area contributed by atoms with Crippen LogP contribution in [0, 0.1) is 0 Å². The zero-order chi connectivity index (χ0) is 13.0. The predicted octanol–water partition coefficient (Wildman–Crippen LogP) is 2.34. The van der Waals surface area contributed by atoms with E-state index in [9.17, 15) is 0 Å². The van der Waals surface area contributed by atoms with Crippen LogP contribution in [0.4, 0.5) is 5.82 Å². The first-order valence-corrected chi connectivity index (χ1v) is 6.12. The first-order valence-electron chi connectivity index (χ1n) is 5.33. The van der Waals surface area contributed by atoms with Gasteiger partial charge in [-0.1, -0.05) is 34.1 Å². The van der Waals surface area contributed by atoms with Gasteiger partial charge in [-0.15, -0.1) is 0 Å². The summed E-state index contributed by atoms with van der Waals surface area (Å²) in [5.41, 5.74) is 4.21. The van der Waals surface area contributed by atoms with Crippen molar-refractivity contribution in [2.24, 2.45) is 5.84 Å². The summed E-state index contributed by atoms with van der Waals surface area (Å²) < 4.78 is 6.01. The Morgan fingerprint density at radius 2 is 2.11 bits per heavy atom. The molecule has 2 aromatic rings. The van der Waals surface area contributed by atoms with E-state index in [-0.39, 0.29) is 0 Å². The molecule has 0 fully saturated rings. The number of anilines is 1. The zero-order valence-electron chi connectivity index (χ0n) is 9.85. The molecular formula is C12H13BrN4O. The second-order valence-electron chi connectivity index (χ2n) is 3.63. The fraction of sp³-hybridized carbons (Fsp3) is 0.167. The van der Waals surface area contributed by atoms with Gasteiger partial charge in [0.05, 0.1) is 12.3 Å². The maximum Gasteiger partial charge on any atom is 0.163 e. The molecule has 1 aromatic heterocycles. The summed E-state index contributed by atoms with van der Waals surface area (Å²) in [5.74, 6) is 6.57. The van der Waals surface area contributed by atoms with Gasteiger partial charge >= 0.3 is 0 Å². The molecule has 5 nitrogen and oxygen atoms in total. The normalized spacial score (nSPS) is 10.4. The third-order valence-corrected chi connectivity index (χ3v) is 3.03. The molecule has 0 aliphatic carbocycles. The Hall–Kier alpha value is -1.50. The highest BCUT2D eigenvalue weighted by Gasteiger charge is 2.09. The molecular weight excluding hydrogens is 296 g/mol. The van der Waals surface area contributed by atoms with E-state index in [1.807, 2.05) is 24.3 Å². The minimum Gasteiger partial charge on any atom is -0.378 e. The Labute approximate surface area is 113 Å². The van der Waals surface area contributed by atoms with E-state index in [4.69, 9.17) is 10.6 Å². The molecule has 18 heavy (non-hydrogen) atoms. The van der Waals surface area contributed by atoms with Crippen LogP contribution in [-0.4, -0.2) is 17.1 Å². The van der Waals surface area contributed by atoms with Crippen LogP contribution in [0.5, 0.6) is 0 Å². The third kappa shape index (κ3) is 2.84. The highest BCUT2D eigenvalue weighted by atomic mass is 79.9. The van der Waals surface area contributed by atoms with Crippen molar-refractivity contribution in [3.05, 3.63) is 40.5 Å². The molecule has 0 aliphatic heterocycles. The van der Waals surface area contributed by atoms with Crippen LogP contribution in [-0.2, 0) is 11.3 Å². The SMILES string of the molecule is COCc1cc(NN)nc(-c2ccccc2Br)n1. The molecule has 0 saturated heterocycles. The maximum atomic E-state index is 5.41. The molecule has 0 spiro atoms. The number of hydrogen-bond acceptors (Lipinski definition) is 5. The lowest BCUT2D eigenvalue weighted by atomic mass is 10.2. The summed E-state index contributed by atoms with van der Waals surface area (Å²) in [7, 11) is 1.62. The maximum absolute atomic E-state index is 5.41. The van der Waals surface area contributed by atoms with Crippen LogP contribution < -0.4 is 11.3 Å². The standard InChI is InChI=1S/C12H13BrN4O/c1-18-7-8-6-11(17-14)16-12(15-8)9-4-2-3-5-10(9)13/h2-6H,7,14H2,1H3,(H,15,16,17). The number of ether oxygens (including phenoxy) is 1. The van der Waals surface area contributed by atoms with Gasteiger partial charge in [0.1, 0.15) is 5.82 Å². The Morgan fingerprint density at radius 3 is 2.78 bits per heavy atom. The van der Waals surface area contributed by atoms with Gasteiger partial charge in [0.2, 0.25) is 0 Å². The van der Waals surface area contributed by atoms with Crippen molar-refractivity contribution < 1.29 is 4.74 Å². The quantitative estimate of drug-likeness (QED) is 0.670. The molecule has 94 valence electrons. The smallest absolute Gasteiger partial charge is 0.163 e. The lowest BCUT2D eigenvalue weighted by molar-refractivity contribution is 0.181. The Morgan fingerprint density at radius 1 is 1.33 bits per heavy atom. The Bertz CT molecular complexity index is 547. The van der Waals surface area contributed by atoms with Crippen molar-refractivity contribution in [3.8, 4) is 11.4 Å². The molecule has 0 radical (unpaired) electrons. The summed E-state index contributed by atoms with van der Waals surface area (Å²) >= 11 is 3.48. The highest BCUT2D eigenvalue weighted by molar-refractivity contribution is 9.10. The van der Waals surface area contributed by atoms with Crippen LogP contribution in [0.25, 0.3) is 11.4 Å². The largest absolute Gasteiger partial charge is 0.378 e. The van der Waals surface area contributed by atoms with Gasteiger partial charge < -0.3 is 10.2 Å². The molecule has 1 heterocycles. The van der Waals surface area contributed by atoms with Gasteiger partial charge in [-0.3, -0.25) is 0 Å². The van der Waals surface area contributed by atoms with Crippen molar-refractivity contribution in [1.29, 1.82) is 0 Å². The second kappa shape index (κ2) is 5.90. The van der Waals surface area contributed by atoms with Gasteiger partial charge in [0, 0.05) is 23.2 Å². The van der Waals surface area contributed by atoms with Crippen LogP contribution in [0.3, 0.4) is 0 Å². The van der Waals surface area contributed by atoms with E-state index in [1.165, 1.54) is 0 Å². The minimum atomic E-state index is 0.411. The molecule has 6 heteroatoms. The van der Waals surface area contributed by atoms with Crippen molar-refractivity contribution >= 4 is 21.7 Å². The molecule has 1 aromatic carbocycles. The topological polar surface area (TPSA) is 73.1 Å². The molecule has 3 N–H and O–H groups in total. The zero-order valence-corrected chi connectivity index (χ0v) is 11.4. The van der Waals surface area contributed by atoms with Gasteiger partial charge in [-0.05, 0) is 6.07 Å². The molecule has 0 bridgehead atoms. The minimum absolute atomic E-state index is 0.411. The number of hydrazine groups is 1. The summed E-state index contributed by atoms with van der Waals surface area (Å²) in [6, 6.07) is 9.51. The molecule has 2 rings (SSSR count). The highest BCUT2D eigenvalue weighted by Crippen LogP contribution is 2.26. The molecule has 0 saturated carbocycles. The van der Waals surface area contributed by atoms with Crippen LogP contribution in [0.15, 0.2) is 34.8 Å². The molecule has 0 atom stereocenters. The van der Waals surface area contributed by atoms with Crippen molar-refractivity contribution in [2.75, 3.05) is 12.5 Å². The van der Waals surface area contributed by atoms with Gasteiger partial charge in [-0.25, -0.2) is 15.8 Å². The molecule has 0 unspecified atom stereocenters. The van der Waals surface area contributed by atoms with Crippen molar-refractivity contribution in [1.82, 2.24) is 9.97 Å². The van der Waals surface area contributed by atoms with Crippen LogP contribution >= 0.6 is 15.9 Å². The first-order chi connectivity index (χ1) is 8.74. The lowest BCUT2D eigenvalue weighted by Crippen LogP contribution is -2.11. The number of nitrogens with zero attached hydrogens (tertiary/aromatic N) is 2. The van der Waals surface area contributed by atoms with E-state index >= 15 is 0 Å². The Kier molecular flexibility index (Phi) is 4.24. The number of benzene rings is 1. The number of hydrogen-bond donors (Lipinski definition) is 2. The van der Waals surface area contributed by atoms with Crippen LogP contribution in [0.1, 0.15) is 5.69 Å². The summed E-state index contributed by atoms with van der Waals surface area (Å²) in [6.07, 6.45) is 0.